The molecule has 0 saturated carbocycles. The van der Waals surface area contributed by atoms with E-state index in [1.54, 1.807) is 0 Å². The summed E-state index contributed by atoms with van der Waals surface area (Å²) >= 11 is 0. The van der Waals surface area contributed by atoms with Crippen LogP contribution >= 0.6 is 0 Å². The molecule has 0 amide bonds. The van der Waals surface area contributed by atoms with E-state index in [2.05, 4.69) is 18.0 Å². The number of hydrogen-bond acceptors (Lipinski definition) is 4. The monoisotopic (exact) mass is 428 g/mol. The molecule has 0 aliphatic heterocycles. The predicted molar refractivity (Wildman–Crippen MR) is 114 cm³/mol. The molecule has 4 nitrogen and oxygen atoms in total. The van der Waals surface area contributed by atoms with Gasteiger partial charge in [0, 0.05) is 0 Å². The maximum Gasteiger partial charge on any atom is 1.00 e. The molecule has 0 heterocycles. The summed E-state index contributed by atoms with van der Waals surface area (Å²) in [6, 6.07) is 0. The minimum Gasteiger partial charge on any atom is -0.726 e. The Morgan fingerprint density at radius 3 is 1.32 bits per heavy atom. The van der Waals surface area contributed by atoms with Crippen LogP contribution in [0.25, 0.3) is 0 Å². The zero-order valence-corrected chi connectivity index (χ0v) is 21.9. The average molecular weight is 429 g/mol. The van der Waals surface area contributed by atoms with Gasteiger partial charge in [-0.2, -0.15) is 0 Å². The first-order chi connectivity index (χ1) is 13.0. The third-order valence-corrected chi connectivity index (χ3v) is 5.80. The fourth-order valence-corrected chi connectivity index (χ4v) is 3.98. The summed E-state index contributed by atoms with van der Waals surface area (Å²) in [5, 5.41) is 0. The van der Waals surface area contributed by atoms with Crippen LogP contribution in [0, 0.1) is 5.92 Å². The molecule has 0 spiro atoms. The van der Waals surface area contributed by atoms with Crippen molar-refractivity contribution in [1.29, 1.82) is 0 Å². The van der Waals surface area contributed by atoms with Crippen LogP contribution in [0.1, 0.15) is 129 Å². The van der Waals surface area contributed by atoms with E-state index < -0.39 is 10.4 Å². The largest absolute Gasteiger partial charge is 1.00 e. The molecular formula is C22H45NaO4S. The van der Waals surface area contributed by atoms with E-state index in [-0.39, 0.29) is 42.1 Å². The Hall–Kier alpha value is 0.870. The number of unbranched alkanes of at least 4 members (excludes halogenated alkanes) is 14. The Morgan fingerprint density at radius 2 is 0.964 bits per heavy atom. The molecule has 6 heteroatoms. The van der Waals surface area contributed by atoms with Gasteiger partial charge in [-0.25, -0.2) is 8.42 Å². The summed E-state index contributed by atoms with van der Waals surface area (Å²) in [4.78, 5) is 0. The topological polar surface area (TPSA) is 66.4 Å². The van der Waals surface area contributed by atoms with E-state index in [9.17, 15) is 13.0 Å². The molecule has 28 heavy (non-hydrogen) atoms. The number of hydrogen-bond donors (Lipinski definition) is 0. The van der Waals surface area contributed by atoms with Gasteiger partial charge in [0.15, 0.2) is 0 Å². The van der Waals surface area contributed by atoms with Gasteiger partial charge >= 0.3 is 29.6 Å². The van der Waals surface area contributed by atoms with Crippen molar-refractivity contribution in [2.45, 2.75) is 129 Å². The van der Waals surface area contributed by atoms with Crippen LogP contribution in [0.15, 0.2) is 0 Å². The normalized spacial score (nSPS) is 12.7. The quantitative estimate of drug-likeness (QED) is 0.119. The Labute approximate surface area is 198 Å². The van der Waals surface area contributed by atoms with Crippen molar-refractivity contribution in [3.05, 3.63) is 0 Å². The van der Waals surface area contributed by atoms with Crippen LogP contribution < -0.4 is 29.6 Å². The van der Waals surface area contributed by atoms with Crippen molar-refractivity contribution in [2.24, 2.45) is 5.92 Å². The van der Waals surface area contributed by atoms with Gasteiger partial charge in [-0.1, -0.05) is 117 Å². The molecule has 0 radical (unpaired) electrons. The molecule has 0 fully saturated rings. The Kier molecular flexibility index (Phi) is 25.0. The first-order valence-electron chi connectivity index (χ1n) is 11.6. The Bertz CT molecular complexity index is 401. The molecule has 0 aliphatic carbocycles. The maximum atomic E-state index is 10.7. The van der Waals surface area contributed by atoms with Crippen LogP contribution in [0.5, 0.6) is 0 Å². The zero-order valence-electron chi connectivity index (χ0n) is 19.1. The second-order valence-corrected chi connectivity index (χ2v) is 9.14. The van der Waals surface area contributed by atoms with Crippen LogP contribution in [0.4, 0.5) is 0 Å². The van der Waals surface area contributed by atoms with E-state index in [1.807, 2.05) is 0 Å². The summed E-state index contributed by atoms with van der Waals surface area (Å²) < 4.78 is 36.7. The zero-order chi connectivity index (χ0) is 20.2. The van der Waals surface area contributed by atoms with Crippen LogP contribution in [0.2, 0.25) is 0 Å². The van der Waals surface area contributed by atoms with Gasteiger partial charge in [0.1, 0.15) is 0 Å². The van der Waals surface area contributed by atoms with Crippen molar-refractivity contribution < 1.29 is 46.7 Å². The van der Waals surface area contributed by atoms with Crippen LogP contribution in [-0.4, -0.2) is 19.6 Å². The second-order valence-electron chi connectivity index (χ2n) is 8.09. The standard InChI is InChI=1S/C22H46O4S.Na/c1-3-5-7-9-10-11-12-13-14-15-16-18-20-22(19-17-8-6-4-2)21-26-27(23,24)25;/h22H,3-21H2,1-2H3,(H,23,24,25);/q;+1/p-1. The molecule has 0 aromatic heterocycles. The minimum absolute atomic E-state index is 0. The van der Waals surface area contributed by atoms with E-state index in [0.29, 0.717) is 0 Å². The summed E-state index contributed by atoms with van der Waals surface area (Å²) in [6.07, 6.45) is 22.5. The summed E-state index contributed by atoms with van der Waals surface area (Å²) in [7, 11) is -4.56. The maximum absolute atomic E-state index is 10.7. The van der Waals surface area contributed by atoms with Gasteiger partial charge in [0.05, 0.1) is 6.61 Å². The third kappa shape index (κ3) is 24.9. The van der Waals surface area contributed by atoms with E-state index >= 15 is 0 Å². The Balaban J connectivity index is 0. The van der Waals surface area contributed by atoms with Crippen LogP contribution in [-0.2, 0) is 14.6 Å². The van der Waals surface area contributed by atoms with E-state index in [1.165, 1.54) is 89.9 Å². The first-order valence-corrected chi connectivity index (χ1v) is 12.9. The average Bonchev–Trinajstić information content (AvgIpc) is 2.62. The third-order valence-electron chi connectivity index (χ3n) is 5.38. The molecule has 0 rings (SSSR count). The molecule has 0 aliphatic rings. The van der Waals surface area contributed by atoms with Gasteiger partial charge in [-0.15, -0.1) is 0 Å². The molecule has 1 atom stereocenters. The summed E-state index contributed by atoms with van der Waals surface area (Å²) in [5.41, 5.74) is 0. The molecule has 0 N–H and O–H groups in total. The van der Waals surface area contributed by atoms with Crippen LogP contribution in [0.3, 0.4) is 0 Å². The number of rotatable bonds is 21. The molecule has 0 saturated heterocycles. The van der Waals surface area contributed by atoms with Crippen molar-refractivity contribution in [3.8, 4) is 0 Å². The van der Waals surface area contributed by atoms with Crippen molar-refractivity contribution >= 4 is 10.4 Å². The van der Waals surface area contributed by atoms with Crippen molar-refractivity contribution in [3.63, 3.8) is 0 Å². The second kappa shape index (κ2) is 22.6. The van der Waals surface area contributed by atoms with Gasteiger partial charge in [0.25, 0.3) is 0 Å². The van der Waals surface area contributed by atoms with Gasteiger partial charge in [0.2, 0.25) is 10.4 Å². The molecular weight excluding hydrogens is 383 g/mol. The van der Waals surface area contributed by atoms with Crippen molar-refractivity contribution in [2.75, 3.05) is 6.61 Å². The fourth-order valence-electron chi connectivity index (χ4n) is 3.62. The predicted octanol–water partition coefficient (Wildman–Crippen LogP) is 4.15. The summed E-state index contributed by atoms with van der Waals surface area (Å²) in [6.45, 7) is 4.50. The van der Waals surface area contributed by atoms with E-state index in [4.69, 9.17) is 0 Å². The molecule has 0 bridgehead atoms. The molecule has 0 aromatic rings. The minimum atomic E-state index is -4.56. The SMILES string of the molecule is CCCCCCCCCCCCCCC(CCCCCC)COS(=O)(=O)[O-].[Na+]. The van der Waals surface area contributed by atoms with Gasteiger partial charge in [-0.05, 0) is 18.8 Å². The van der Waals surface area contributed by atoms with Gasteiger partial charge in [-0.3, -0.25) is 4.18 Å². The molecule has 1 unspecified atom stereocenters. The molecule has 164 valence electrons. The van der Waals surface area contributed by atoms with Crippen molar-refractivity contribution in [1.82, 2.24) is 0 Å². The smallest absolute Gasteiger partial charge is 0.726 e. The molecule has 0 aromatic carbocycles. The summed E-state index contributed by atoms with van der Waals surface area (Å²) in [5.74, 6) is 0.203. The first kappa shape index (κ1) is 31.1. The van der Waals surface area contributed by atoms with Gasteiger partial charge < -0.3 is 4.55 Å². The fraction of sp³-hybridized carbons (Fsp3) is 1.00. The van der Waals surface area contributed by atoms with E-state index in [0.717, 1.165) is 25.7 Å². The Morgan fingerprint density at radius 1 is 0.643 bits per heavy atom.